The molecule has 76 heavy (non-hydrogen) atoms. The molecule has 0 unspecified atom stereocenters. The van der Waals surface area contributed by atoms with Gasteiger partial charge >= 0.3 is 51.4 Å². The van der Waals surface area contributed by atoms with Crippen LogP contribution in [0.5, 0.6) is 17.6 Å². The Balaban J connectivity index is 0.000000200. The molecule has 0 amide bonds. The maximum atomic E-state index is 11.1. The predicted octanol–water partition coefficient (Wildman–Crippen LogP) is 7.36. The Kier molecular flexibility index (Phi) is 30.7. The number of aryl methyl sites for hydroxylation is 5. The van der Waals surface area contributed by atoms with Crippen molar-refractivity contribution in [3.05, 3.63) is 101 Å². The van der Waals surface area contributed by atoms with Crippen molar-refractivity contribution in [2.24, 2.45) is 23.7 Å². The van der Waals surface area contributed by atoms with E-state index < -0.39 is 0 Å². The van der Waals surface area contributed by atoms with E-state index in [0.717, 1.165) is 93.3 Å². The van der Waals surface area contributed by atoms with Crippen molar-refractivity contribution in [2.45, 2.75) is 165 Å². The minimum absolute atomic E-state index is 0. The molecule has 12 saturated heterocycles. The maximum Gasteiger partial charge on any atom is 1.00 e. The van der Waals surface area contributed by atoms with E-state index in [1.165, 1.54) is 113 Å². The van der Waals surface area contributed by atoms with Gasteiger partial charge in [-0.05, 0) is 191 Å². The third kappa shape index (κ3) is 22.6. The summed E-state index contributed by atoms with van der Waals surface area (Å²) in [6, 6.07) is 16.2. The predicted molar refractivity (Wildman–Crippen MR) is 312 cm³/mol. The van der Waals surface area contributed by atoms with Gasteiger partial charge in [0, 0.05) is 68.3 Å². The van der Waals surface area contributed by atoms with E-state index in [9.17, 15) is 5.11 Å². The first-order valence-corrected chi connectivity index (χ1v) is 29.4. The summed E-state index contributed by atoms with van der Waals surface area (Å²) in [5, 5.41) is 11.1. The van der Waals surface area contributed by atoms with E-state index in [1.807, 2.05) is 111 Å². The monoisotopic (exact) mass is 1070 g/mol. The molecule has 12 aliphatic rings. The van der Waals surface area contributed by atoms with Gasteiger partial charge in [-0.3, -0.25) is 19.7 Å². The number of piperidine rings is 12. The molecule has 4 aromatic rings. The van der Waals surface area contributed by atoms with Gasteiger partial charge in [0.15, 0.2) is 0 Å². The fraction of sp³-hybridized carbons (Fsp3) is 0.672. The smallest absolute Gasteiger partial charge is 0.851 e. The van der Waals surface area contributed by atoms with Crippen LogP contribution in [0.25, 0.3) is 0 Å². The minimum Gasteiger partial charge on any atom is -0.851 e. The molecule has 16 rings (SSSR count). The van der Waals surface area contributed by atoms with Gasteiger partial charge in [-0.25, -0.2) is 15.0 Å². The molecule has 16 heterocycles. The van der Waals surface area contributed by atoms with Crippen LogP contribution in [0.15, 0.2) is 73.3 Å². The minimum atomic E-state index is -0.257. The quantitative estimate of drug-likeness (QED) is 0.173. The van der Waals surface area contributed by atoms with E-state index in [0.29, 0.717) is 24.2 Å². The average molecular weight is 1070 g/mol. The van der Waals surface area contributed by atoms with E-state index in [1.54, 1.807) is 0 Å². The van der Waals surface area contributed by atoms with Crippen molar-refractivity contribution in [1.82, 2.24) is 39.5 Å². The second-order valence-electron chi connectivity index (χ2n) is 22.5. The molecule has 0 N–H and O–H groups in total. The molecule has 4 atom stereocenters. The van der Waals surface area contributed by atoms with Crippen molar-refractivity contribution in [2.75, 3.05) is 78.5 Å². The Morgan fingerprint density at radius 3 is 0.816 bits per heavy atom. The Bertz CT molecular complexity index is 1910. The van der Waals surface area contributed by atoms with Crippen molar-refractivity contribution in [3.63, 3.8) is 0 Å². The normalized spacial score (nSPS) is 28.3. The van der Waals surface area contributed by atoms with Gasteiger partial charge in [0.25, 0.3) is 0 Å². The molecule has 15 heteroatoms. The maximum absolute atomic E-state index is 11.1. The average Bonchev–Trinajstić information content (AvgIpc) is 3.45. The van der Waals surface area contributed by atoms with E-state index in [4.69, 9.17) is 14.2 Å². The van der Waals surface area contributed by atoms with E-state index in [-0.39, 0.29) is 57.5 Å². The zero-order valence-corrected chi connectivity index (χ0v) is 53.2. The topological polar surface area (TPSA) is 115 Å². The standard InChI is InChI=1S/3C13H18N2O.C7H12NO.C7H9N.C4H12B2.2C2H6.K/c3*1-10-2-3-13(14-8-10)16-12-9-15-6-4-11(12)5-7-15;9-7-5-8-3-1-6(7)2-4-8;1-6-3-4-7(2)8-5-6;1-5(2)6(3)4;2*1-2;/h3*2-3,8,11-12H,4-7,9H2,1H3;6-7H,1-5H2;3-5H,1-2H3;1-4H3;2*1-2H3;/q;;;-1;;;;;+1/t3*12-;7-;;;;;/m0000...../s1. The molecule has 12 aliphatic heterocycles. The number of pyridine rings is 4. The number of fused-ring (bicyclic) bond motifs is 12. The van der Waals surface area contributed by atoms with Crippen LogP contribution in [0.4, 0.5) is 0 Å². The van der Waals surface area contributed by atoms with Crippen LogP contribution in [0.1, 0.15) is 107 Å². The third-order valence-corrected chi connectivity index (χ3v) is 16.2. The molecule has 0 aromatic carbocycles. The summed E-state index contributed by atoms with van der Waals surface area (Å²) in [7, 11) is 0. The number of hydrogen-bond donors (Lipinski definition) is 0. The van der Waals surface area contributed by atoms with Crippen LogP contribution in [0.2, 0.25) is 27.3 Å². The van der Waals surface area contributed by atoms with Gasteiger partial charge in [-0.2, -0.15) is 0 Å². The molecule has 0 spiro atoms. The zero-order valence-electron chi connectivity index (χ0n) is 50.1. The first kappa shape index (κ1) is 66.1. The van der Waals surface area contributed by atoms with Crippen LogP contribution in [-0.2, 0) is 0 Å². The van der Waals surface area contributed by atoms with E-state index in [2.05, 4.69) is 91.1 Å². The van der Waals surface area contributed by atoms with E-state index >= 15 is 0 Å². The van der Waals surface area contributed by atoms with Crippen LogP contribution in [-0.4, -0.2) is 156 Å². The molecular formula is C61H99B2KN8O4. The van der Waals surface area contributed by atoms with Gasteiger partial charge < -0.3 is 24.2 Å². The molecule has 12 nitrogen and oxygen atoms in total. The number of nitrogens with zero attached hydrogens (tertiary/aromatic N) is 8. The number of rotatable bonds is 7. The summed E-state index contributed by atoms with van der Waals surface area (Å²) in [6.07, 6.45) is 18.4. The van der Waals surface area contributed by atoms with Crippen molar-refractivity contribution in [3.8, 4) is 17.6 Å². The van der Waals surface area contributed by atoms with Crippen molar-refractivity contribution < 1.29 is 70.7 Å². The Morgan fingerprint density at radius 2 is 0.658 bits per heavy atom. The number of hydrogen-bond acceptors (Lipinski definition) is 12. The van der Waals surface area contributed by atoms with Crippen LogP contribution < -0.4 is 70.7 Å². The number of ether oxygens (including phenoxy) is 3. The first-order valence-electron chi connectivity index (χ1n) is 29.4. The summed E-state index contributed by atoms with van der Waals surface area (Å²) in [5.41, 5.74) is 5.84. The SMILES string of the molecule is CB(C)B(C)C.CC.CC.Cc1ccc(C)nc1.Cc1ccc(O[C@H]2CN3CCC2CC3)nc1.Cc1ccc(O[C@H]2CN3CCC2CC3)nc1.Cc1ccc(O[C@H]2CN3CCC2CC3)nc1.[K+].[O-][C@H]1CN2CCC1CC2. The third-order valence-electron chi connectivity index (χ3n) is 16.2. The van der Waals surface area contributed by atoms with Crippen LogP contribution in [0, 0.1) is 58.3 Å². The Morgan fingerprint density at radius 1 is 0.395 bits per heavy atom. The van der Waals surface area contributed by atoms with Crippen LogP contribution in [0.3, 0.4) is 0 Å². The second kappa shape index (κ2) is 35.3. The molecular weight excluding hydrogens is 969 g/mol. The Hall–Kier alpha value is -2.43. The van der Waals surface area contributed by atoms with Crippen molar-refractivity contribution >= 4 is 13.2 Å². The van der Waals surface area contributed by atoms with Crippen molar-refractivity contribution in [1.29, 1.82) is 0 Å². The van der Waals surface area contributed by atoms with Crippen LogP contribution >= 0.6 is 0 Å². The molecule has 0 aliphatic carbocycles. The van der Waals surface area contributed by atoms with Gasteiger partial charge in [0.1, 0.15) is 31.5 Å². The van der Waals surface area contributed by atoms with Gasteiger partial charge in [0.2, 0.25) is 17.6 Å². The Labute approximate surface area is 505 Å². The fourth-order valence-corrected chi connectivity index (χ4v) is 10.6. The molecule has 0 saturated carbocycles. The molecule has 4 aromatic heterocycles. The summed E-state index contributed by atoms with van der Waals surface area (Å²) in [6.45, 7) is 42.8. The molecule has 12 fully saturated rings. The number of aromatic nitrogens is 4. The summed E-state index contributed by atoms with van der Waals surface area (Å²) in [5.74, 6) is 5.10. The van der Waals surface area contributed by atoms with Gasteiger partial charge in [0.05, 0.1) is 0 Å². The zero-order chi connectivity index (χ0) is 54.3. The molecule has 8 bridgehead atoms. The molecule has 0 radical (unpaired) electrons. The molecule has 414 valence electrons. The van der Waals surface area contributed by atoms with Gasteiger partial charge in [-0.15, -0.1) is 6.10 Å². The summed E-state index contributed by atoms with van der Waals surface area (Å²) >= 11 is 0. The summed E-state index contributed by atoms with van der Waals surface area (Å²) in [4.78, 5) is 26.8. The fourth-order valence-electron chi connectivity index (χ4n) is 10.6. The second-order valence-corrected chi connectivity index (χ2v) is 22.5. The first-order chi connectivity index (χ1) is 36.2. The largest absolute Gasteiger partial charge is 1.00 e. The van der Waals surface area contributed by atoms with Gasteiger partial charge in [-0.1, -0.05) is 85.2 Å². The summed E-state index contributed by atoms with van der Waals surface area (Å²) < 4.78 is 18.0.